The molecule has 0 aromatic carbocycles. The van der Waals surface area contributed by atoms with Gasteiger partial charge in [-0.25, -0.2) is 14.8 Å². The minimum atomic E-state index is -1.01. The highest BCUT2D eigenvalue weighted by molar-refractivity contribution is 5.85. The van der Waals surface area contributed by atoms with E-state index in [4.69, 9.17) is 14.6 Å². The summed E-state index contributed by atoms with van der Waals surface area (Å²) in [7, 11) is 3.28. The number of carboxylic acids is 1. The first-order chi connectivity index (χ1) is 10.1. The molecule has 1 rings (SSSR count). The molecule has 1 aromatic heterocycles. The number of aromatic nitrogens is 2. The number of rotatable bonds is 9. The summed E-state index contributed by atoms with van der Waals surface area (Å²) >= 11 is 0. The van der Waals surface area contributed by atoms with E-state index in [-0.39, 0.29) is 6.04 Å². The number of ether oxygens (including phenoxy) is 2. The Bertz CT molecular complexity index is 462. The van der Waals surface area contributed by atoms with Gasteiger partial charge in [-0.2, -0.15) is 0 Å². The second-order valence-electron chi connectivity index (χ2n) is 4.48. The third-order valence-corrected chi connectivity index (χ3v) is 2.81. The molecule has 1 heterocycles. The van der Waals surface area contributed by atoms with Crippen LogP contribution in [0.2, 0.25) is 0 Å². The molecule has 1 N–H and O–H groups in total. The zero-order valence-electron chi connectivity index (χ0n) is 12.5. The second-order valence-corrected chi connectivity index (χ2v) is 4.48. The summed E-state index contributed by atoms with van der Waals surface area (Å²) < 4.78 is 10.3. The van der Waals surface area contributed by atoms with Gasteiger partial charge < -0.3 is 19.5 Å². The van der Waals surface area contributed by atoms with E-state index >= 15 is 0 Å². The van der Waals surface area contributed by atoms with Crippen molar-refractivity contribution in [1.29, 1.82) is 0 Å². The molecule has 1 atom stereocenters. The van der Waals surface area contributed by atoms with Crippen molar-refractivity contribution in [2.75, 3.05) is 38.9 Å². The Hall–Kier alpha value is -1.99. The van der Waals surface area contributed by atoms with Crippen LogP contribution in [0.5, 0.6) is 0 Å². The number of hydrogen-bond acceptors (Lipinski definition) is 6. The van der Waals surface area contributed by atoms with Crippen LogP contribution >= 0.6 is 0 Å². The van der Waals surface area contributed by atoms with E-state index in [2.05, 4.69) is 9.97 Å². The Balaban J connectivity index is 2.84. The number of aliphatic carboxylic acids is 1. The van der Waals surface area contributed by atoms with Crippen molar-refractivity contribution in [2.24, 2.45) is 0 Å². The second kappa shape index (κ2) is 9.04. The highest BCUT2D eigenvalue weighted by Crippen LogP contribution is 2.12. The molecule has 7 nitrogen and oxygen atoms in total. The van der Waals surface area contributed by atoms with Crippen LogP contribution < -0.4 is 4.90 Å². The van der Waals surface area contributed by atoms with Gasteiger partial charge in [0, 0.05) is 44.8 Å². The number of hydrogen-bond donors (Lipinski definition) is 1. The highest BCUT2D eigenvalue weighted by atomic mass is 16.5. The van der Waals surface area contributed by atoms with Gasteiger partial charge in [0.05, 0.1) is 19.3 Å². The molecule has 0 aliphatic carbocycles. The third kappa shape index (κ3) is 5.88. The van der Waals surface area contributed by atoms with E-state index in [0.717, 1.165) is 6.08 Å². The van der Waals surface area contributed by atoms with E-state index in [1.807, 2.05) is 11.8 Å². The molecule has 0 spiro atoms. The first-order valence-electron chi connectivity index (χ1n) is 6.56. The molecular weight excluding hydrogens is 274 g/mol. The zero-order valence-corrected chi connectivity index (χ0v) is 12.5. The maximum atomic E-state index is 10.5. The minimum Gasteiger partial charge on any atom is -0.478 e. The lowest BCUT2D eigenvalue weighted by Gasteiger charge is -2.28. The molecule has 1 aromatic rings. The van der Waals surface area contributed by atoms with Gasteiger partial charge in [-0.05, 0) is 13.0 Å². The Morgan fingerprint density at radius 3 is 2.57 bits per heavy atom. The quantitative estimate of drug-likeness (QED) is 0.682. The smallest absolute Gasteiger partial charge is 0.328 e. The summed E-state index contributed by atoms with van der Waals surface area (Å²) in [6.07, 6.45) is 5.67. The van der Waals surface area contributed by atoms with Crippen LogP contribution in [0.25, 0.3) is 6.08 Å². The van der Waals surface area contributed by atoms with Crippen LogP contribution in [0.1, 0.15) is 12.5 Å². The lowest BCUT2D eigenvalue weighted by atomic mass is 10.3. The SMILES string of the molecule is COCCN(c1ncc(/C=C/C(=O)O)cn1)C(C)COC. The average Bonchev–Trinajstić information content (AvgIpc) is 2.47. The minimum absolute atomic E-state index is 0.102. The normalized spacial score (nSPS) is 12.5. The van der Waals surface area contributed by atoms with Crippen molar-refractivity contribution < 1.29 is 19.4 Å². The monoisotopic (exact) mass is 295 g/mol. The van der Waals surface area contributed by atoms with Crippen molar-refractivity contribution in [3.63, 3.8) is 0 Å². The summed E-state index contributed by atoms with van der Waals surface area (Å²) in [5, 5.41) is 8.58. The lowest BCUT2D eigenvalue weighted by molar-refractivity contribution is -0.131. The van der Waals surface area contributed by atoms with Crippen LogP contribution in [-0.2, 0) is 14.3 Å². The molecule has 0 amide bonds. The molecule has 0 radical (unpaired) electrons. The van der Waals surface area contributed by atoms with Gasteiger partial charge in [-0.1, -0.05) is 0 Å². The van der Waals surface area contributed by atoms with Crippen molar-refractivity contribution >= 4 is 18.0 Å². The first-order valence-corrected chi connectivity index (χ1v) is 6.56. The number of carbonyl (C=O) groups is 1. The Labute approximate surface area is 124 Å². The van der Waals surface area contributed by atoms with E-state index in [1.165, 1.54) is 6.08 Å². The van der Waals surface area contributed by atoms with Crippen LogP contribution in [0.15, 0.2) is 18.5 Å². The van der Waals surface area contributed by atoms with Gasteiger partial charge in [-0.3, -0.25) is 0 Å². The summed E-state index contributed by atoms with van der Waals surface area (Å²) in [4.78, 5) is 21.0. The fourth-order valence-electron chi connectivity index (χ4n) is 1.77. The standard InChI is InChI=1S/C14H21N3O4/c1-11(10-21-3)17(6-7-20-2)14-15-8-12(9-16-14)4-5-13(18)19/h4-5,8-9,11H,6-7,10H2,1-3H3,(H,18,19)/b5-4+. The third-order valence-electron chi connectivity index (χ3n) is 2.81. The molecule has 0 fully saturated rings. The number of anilines is 1. The van der Waals surface area contributed by atoms with Crippen molar-refractivity contribution in [1.82, 2.24) is 9.97 Å². The fraction of sp³-hybridized carbons (Fsp3) is 0.500. The van der Waals surface area contributed by atoms with Gasteiger partial charge in [-0.15, -0.1) is 0 Å². The number of methoxy groups -OCH3 is 2. The largest absolute Gasteiger partial charge is 0.478 e. The summed E-state index contributed by atoms with van der Waals surface area (Å²) in [6, 6.07) is 0.102. The predicted octanol–water partition coefficient (Wildman–Crippen LogP) is 1.06. The van der Waals surface area contributed by atoms with Crippen LogP contribution in [0, 0.1) is 0 Å². The molecule has 0 bridgehead atoms. The first kappa shape index (κ1) is 17.1. The summed E-state index contributed by atoms with van der Waals surface area (Å²) in [5.41, 5.74) is 0.632. The average molecular weight is 295 g/mol. The maximum Gasteiger partial charge on any atom is 0.328 e. The molecule has 0 aliphatic heterocycles. The number of nitrogens with zero attached hydrogens (tertiary/aromatic N) is 3. The fourth-order valence-corrected chi connectivity index (χ4v) is 1.77. The molecule has 1 unspecified atom stereocenters. The molecular formula is C14H21N3O4. The van der Waals surface area contributed by atoms with E-state index in [9.17, 15) is 4.79 Å². The topological polar surface area (TPSA) is 84.8 Å². The molecule has 0 saturated heterocycles. The molecule has 0 saturated carbocycles. The van der Waals surface area contributed by atoms with Gasteiger partial charge in [0.2, 0.25) is 5.95 Å². The van der Waals surface area contributed by atoms with Crippen LogP contribution in [0.3, 0.4) is 0 Å². The van der Waals surface area contributed by atoms with Crippen LogP contribution in [0.4, 0.5) is 5.95 Å². The highest BCUT2D eigenvalue weighted by Gasteiger charge is 2.16. The van der Waals surface area contributed by atoms with Crippen LogP contribution in [-0.4, -0.2) is 61.1 Å². The van der Waals surface area contributed by atoms with Gasteiger partial charge in [0.1, 0.15) is 0 Å². The maximum absolute atomic E-state index is 10.5. The molecule has 7 heteroatoms. The van der Waals surface area contributed by atoms with Crippen molar-refractivity contribution in [3.05, 3.63) is 24.0 Å². The predicted molar refractivity (Wildman–Crippen MR) is 79.3 cm³/mol. The van der Waals surface area contributed by atoms with Gasteiger partial charge >= 0.3 is 5.97 Å². The summed E-state index contributed by atoms with van der Waals surface area (Å²) in [6.45, 7) is 3.76. The Morgan fingerprint density at radius 2 is 2.05 bits per heavy atom. The Kier molecular flexibility index (Phi) is 7.34. The van der Waals surface area contributed by atoms with E-state index < -0.39 is 5.97 Å². The van der Waals surface area contributed by atoms with E-state index in [1.54, 1.807) is 26.6 Å². The summed E-state index contributed by atoms with van der Waals surface area (Å²) in [5.74, 6) is -0.446. The van der Waals surface area contributed by atoms with Crippen molar-refractivity contribution in [2.45, 2.75) is 13.0 Å². The van der Waals surface area contributed by atoms with Gasteiger partial charge in [0.15, 0.2) is 0 Å². The molecule has 116 valence electrons. The van der Waals surface area contributed by atoms with Crippen molar-refractivity contribution in [3.8, 4) is 0 Å². The number of carboxylic acid groups (broad SMARTS) is 1. The molecule has 0 aliphatic rings. The van der Waals surface area contributed by atoms with E-state index in [0.29, 0.717) is 31.3 Å². The zero-order chi connectivity index (χ0) is 15.7. The van der Waals surface area contributed by atoms with Gasteiger partial charge in [0.25, 0.3) is 0 Å². The Morgan fingerprint density at radius 1 is 1.38 bits per heavy atom. The molecule has 21 heavy (non-hydrogen) atoms. The lowest BCUT2D eigenvalue weighted by Crippen LogP contribution is -2.39.